The molecule has 1 heterocycles. The lowest BCUT2D eigenvalue weighted by Gasteiger charge is -2.39. The molecule has 0 fully saturated rings. The molecule has 0 aromatic heterocycles. The Bertz CT molecular complexity index is 1550. The minimum atomic E-state index is -3.77. The quantitative estimate of drug-likeness (QED) is 0.211. The summed E-state index contributed by atoms with van der Waals surface area (Å²) in [6.07, 6.45) is -0.0576. The van der Waals surface area contributed by atoms with Crippen molar-refractivity contribution in [2.45, 2.75) is 58.2 Å². The topological polar surface area (TPSA) is 126 Å². The van der Waals surface area contributed by atoms with Crippen molar-refractivity contribution in [2.75, 3.05) is 25.6 Å². The number of ether oxygens (including phenoxy) is 3. The number of sulfone groups is 1. The van der Waals surface area contributed by atoms with Gasteiger partial charge < -0.3 is 14.2 Å². The third kappa shape index (κ3) is 8.99. The summed E-state index contributed by atoms with van der Waals surface area (Å²) < 4.78 is 42.8. The molecule has 2 amide bonds. The molecule has 1 aliphatic rings. The van der Waals surface area contributed by atoms with E-state index in [1.165, 1.54) is 22.0 Å². The number of nitrogens with zero attached hydrogens (tertiary/aromatic N) is 3. The van der Waals surface area contributed by atoms with Gasteiger partial charge in [0.05, 0.1) is 17.2 Å². The second-order valence-electron chi connectivity index (χ2n) is 11.8. The Morgan fingerprint density at radius 3 is 2.17 bits per heavy atom. The highest BCUT2D eigenvalue weighted by molar-refractivity contribution is 7.91. The van der Waals surface area contributed by atoms with Crippen LogP contribution in [0.1, 0.15) is 45.2 Å². The van der Waals surface area contributed by atoms with Gasteiger partial charge in [0.2, 0.25) is 6.79 Å². The minimum Gasteiger partial charge on any atom is -0.454 e. The van der Waals surface area contributed by atoms with E-state index in [1.807, 2.05) is 81.4 Å². The Hall–Kier alpha value is -4.13. The monoisotopic (exact) mass is 653 g/mol. The summed E-state index contributed by atoms with van der Waals surface area (Å²) in [5.41, 5.74) is 1.56. The number of carbonyl (C=O) groups is 2. The number of hydrogen-bond acceptors (Lipinski definition) is 9. The van der Waals surface area contributed by atoms with Crippen molar-refractivity contribution >= 4 is 21.8 Å². The second kappa shape index (κ2) is 15.9. The van der Waals surface area contributed by atoms with Gasteiger partial charge >= 0.3 is 6.09 Å². The first-order valence-corrected chi connectivity index (χ1v) is 17.1. The second-order valence-corrected chi connectivity index (χ2v) is 13.8. The average molecular weight is 654 g/mol. The van der Waals surface area contributed by atoms with Gasteiger partial charge in [0, 0.05) is 19.2 Å². The Morgan fingerprint density at radius 1 is 0.913 bits per heavy atom. The van der Waals surface area contributed by atoms with Crippen LogP contribution in [-0.4, -0.2) is 72.4 Å². The molecule has 0 bridgehead atoms. The van der Waals surface area contributed by atoms with E-state index in [-0.39, 0.29) is 49.6 Å². The summed E-state index contributed by atoms with van der Waals surface area (Å²) >= 11 is 0. The van der Waals surface area contributed by atoms with E-state index in [0.717, 1.165) is 16.3 Å². The van der Waals surface area contributed by atoms with Gasteiger partial charge in [-0.1, -0.05) is 93.5 Å². The van der Waals surface area contributed by atoms with Crippen LogP contribution < -0.4 is 9.47 Å². The van der Waals surface area contributed by atoms with Gasteiger partial charge in [-0.05, 0) is 41.5 Å². The molecule has 1 N–H and O–H groups in total. The molecule has 12 heteroatoms. The molecule has 0 spiro atoms. The molecule has 0 saturated heterocycles. The van der Waals surface area contributed by atoms with E-state index in [4.69, 9.17) is 14.2 Å². The molecule has 0 aliphatic carbocycles. The van der Waals surface area contributed by atoms with Gasteiger partial charge in [-0.3, -0.25) is 14.9 Å². The van der Waals surface area contributed by atoms with Gasteiger partial charge in [-0.2, -0.15) is 0 Å². The standard InChI is InChI=1S/C34H43N3O8S/c1-5-18-35(34(39)43-22-28-14-10-7-11-15-28)32(25(2)3)33(38)36(21-27-12-8-6-9-13-27)37(40)20-26(4)23-46(41,42)29-16-17-30-31(19-29)45-24-44-30/h6-17,19,25-26,32,40H,5,18,20-24H2,1-4H3/t26-,32+/m1/s1. The molecule has 0 radical (unpaired) electrons. The normalized spacial score (nSPS) is 13.8. The maximum Gasteiger partial charge on any atom is 0.410 e. The fourth-order valence-corrected chi connectivity index (χ4v) is 6.93. The smallest absolute Gasteiger partial charge is 0.410 e. The number of hydrazine groups is 1. The molecule has 11 nitrogen and oxygen atoms in total. The van der Waals surface area contributed by atoms with Gasteiger partial charge in [0.1, 0.15) is 12.6 Å². The fraction of sp³-hybridized carbons (Fsp3) is 0.412. The largest absolute Gasteiger partial charge is 0.454 e. The van der Waals surface area contributed by atoms with Crippen molar-refractivity contribution in [3.63, 3.8) is 0 Å². The van der Waals surface area contributed by atoms with Crippen molar-refractivity contribution < 1.29 is 37.4 Å². The zero-order valence-electron chi connectivity index (χ0n) is 26.7. The summed E-state index contributed by atoms with van der Waals surface area (Å²) in [7, 11) is -3.77. The first-order valence-electron chi connectivity index (χ1n) is 15.4. The highest BCUT2D eigenvalue weighted by Gasteiger charge is 2.38. The van der Waals surface area contributed by atoms with Gasteiger partial charge in [0.15, 0.2) is 21.3 Å². The summed E-state index contributed by atoms with van der Waals surface area (Å²) in [6, 6.07) is 21.9. The summed E-state index contributed by atoms with van der Waals surface area (Å²) in [4.78, 5) is 29.3. The summed E-state index contributed by atoms with van der Waals surface area (Å²) in [6.45, 7) is 7.42. The number of hydrogen-bond donors (Lipinski definition) is 1. The van der Waals surface area contributed by atoms with Crippen LogP contribution in [0.25, 0.3) is 0 Å². The number of benzene rings is 3. The molecule has 3 aromatic rings. The number of amides is 2. The predicted molar refractivity (Wildman–Crippen MR) is 172 cm³/mol. The van der Waals surface area contributed by atoms with Crippen LogP contribution in [-0.2, 0) is 32.5 Å². The Balaban J connectivity index is 1.54. The highest BCUT2D eigenvalue weighted by Crippen LogP contribution is 2.34. The average Bonchev–Trinajstić information content (AvgIpc) is 3.51. The Morgan fingerprint density at radius 2 is 1.54 bits per heavy atom. The number of hydroxylamine groups is 1. The Kier molecular flexibility index (Phi) is 12.0. The van der Waals surface area contributed by atoms with Crippen LogP contribution in [0, 0.1) is 11.8 Å². The Labute approximate surface area is 271 Å². The molecule has 248 valence electrons. The molecule has 46 heavy (non-hydrogen) atoms. The van der Waals surface area contributed by atoms with Gasteiger partial charge in [0.25, 0.3) is 5.91 Å². The lowest BCUT2D eigenvalue weighted by atomic mass is 10.0. The van der Waals surface area contributed by atoms with E-state index in [2.05, 4.69) is 0 Å². The van der Waals surface area contributed by atoms with Gasteiger partial charge in [-0.25, -0.2) is 18.2 Å². The molecule has 4 rings (SSSR count). The number of fused-ring (bicyclic) bond motifs is 1. The van der Waals surface area contributed by atoms with Crippen LogP contribution in [0.4, 0.5) is 4.79 Å². The van der Waals surface area contributed by atoms with E-state index in [1.54, 1.807) is 13.0 Å². The van der Waals surface area contributed by atoms with E-state index < -0.39 is 33.8 Å². The summed E-state index contributed by atoms with van der Waals surface area (Å²) in [5, 5.41) is 13.4. The van der Waals surface area contributed by atoms with E-state index in [9.17, 15) is 23.2 Å². The van der Waals surface area contributed by atoms with Crippen molar-refractivity contribution in [2.24, 2.45) is 11.8 Å². The summed E-state index contributed by atoms with van der Waals surface area (Å²) in [5.74, 6) is -0.902. The van der Waals surface area contributed by atoms with Crippen molar-refractivity contribution in [3.05, 3.63) is 90.0 Å². The van der Waals surface area contributed by atoms with E-state index >= 15 is 0 Å². The van der Waals surface area contributed by atoms with Gasteiger partial charge in [-0.15, -0.1) is 0 Å². The molecule has 0 saturated carbocycles. The zero-order chi connectivity index (χ0) is 33.3. The molecule has 3 aromatic carbocycles. The van der Waals surface area contributed by atoms with Crippen LogP contribution in [0.3, 0.4) is 0 Å². The van der Waals surface area contributed by atoms with Crippen LogP contribution in [0.5, 0.6) is 11.5 Å². The highest BCUT2D eigenvalue weighted by atomic mass is 32.2. The predicted octanol–water partition coefficient (Wildman–Crippen LogP) is 5.53. The fourth-order valence-electron chi connectivity index (χ4n) is 5.32. The van der Waals surface area contributed by atoms with E-state index in [0.29, 0.717) is 17.9 Å². The third-order valence-electron chi connectivity index (χ3n) is 7.51. The first kappa shape index (κ1) is 34.7. The number of rotatable bonds is 15. The molecule has 2 atom stereocenters. The molecular weight excluding hydrogens is 610 g/mol. The lowest BCUT2D eigenvalue weighted by Crippen LogP contribution is -2.57. The van der Waals surface area contributed by atoms with Crippen molar-refractivity contribution in [3.8, 4) is 11.5 Å². The molecule has 0 unspecified atom stereocenters. The zero-order valence-corrected chi connectivity index (χ0v) is 27.6. The maximum absolute atomic E-state index is 14.4. The third-order valence-corrected chi connectivity index (χ3v) is 9.49. The van der Waals surface area contributed by atoms with Crippen LogP contribution >= 0.6 is 0 Å². The SMILES string of the molecule is CCCN(C(=O)OCc1ccccc1)[C@H](C(=O)N(Cc1ccccc1)N(O)C[C@@H](C)CS(=O)(=O)c1ccc2c(c1)OCO2)C(C)C. The molecular formula is C34H43N3O8S. The van der Waals surface area contributed by atoms with Crippen molar-refractivity contribution in [1.29, 1.82) is 0 Å². The lowest BCUT2D eigenvalue weighted by molar-refractivity contribution is -0.251. The van der Waals surface area contributed by atoms with Crippen molar-refractivity contribution in [1.82, 2.24) is 15.1 Å². The van der Waals surface area contributed by atoms with Crippen LogP contribution in [0.15, 0.2) is 83.8 Å². The first-order chi connectivity index (χ1) is 22.0. The van der Waals surface area contributed by atoms with Crippen LogP contribution in [0.2, 0.25) is 0 Å². The molecule has 1 aliphatic heterocycles. The number of carbonyl (C=O) groups excluding carboxylic acids is 2. The maximum atomic E-state index is 14.4. The minimum absolute atomic E-state index is 0.0000519.